The lowest BCUT2D eigenvalue weighted by Crippen LogP contribution is -2.31. The summed E-state index contributed by atoms with van der Waals surface area (Å²) in [6.07, 6.45) is 2.07. The summed E-state index contributed by atoms with van der Waals surface area (Å²) in [5, 5.41) is 0. The molecule has 1 saturated carbocycles. The van der Waals surface area contributed by atoms with Crippen LogP contribution in [0.25, 0.3) is 0 Å². The predicted octanol–water partition coefficient (Wildman–Crippen LogP) is 2.35. The highest BCUT2D eigenvalue weighted by molar-refractivity contribution is 5.74. The van der Waals surface area contributed by atoms with Gasteiger partial charge in [-0.2, -0.15) is 0 Å². The molecule has 0 saturated heterocycles. The van der Waals surface area contributed by atoms with Gasteiger partial charge in [0.05, 0.1) is 13.0 Å². The third-order valence-corrected chi connectivity index (χ3v) is 3.01. The van der Waals surface area contributed by atoms with Gasteiger partial charge in [0.25, 0.3) is 0 Å². The molecule has 0 spiro atoms. The quantitative estimate of drug-likeness (QED) is 0.669. The van der Waals surface area contributed by atoms with Crippen LogP contribution in [0.3, 0.4) is 0 Å². The van der Waals surface area contributed by atoms with Gasteiger partial charge in [0.15, 0.2) is 0 Å². The van der Waals surface area contributed by atoms with Crippen molar-refractivity contribution in [3.05, 3.63) is 35.9 Å². The fourth-order valence-electron chi connectivity index (χ4n) is 2.03. The number of esters is 1. The average molecular weight is 190 g/mol. The summed E-state index contributed by atoms with van der Waals surface area (Å²) in [5.41, 5.74) is 1.26. The van der Waals surface area contributed by atoms with Crippen LogP contribution < -0.4 is 0 Å². The minimum atomic E-state index is -0.0647. The molecule has 1 aliphatic carbocycles. The van der Waals surface area contributed by atoms with Crippen molar-refractivity contribution in [1.82, 2.24) is 0 Å². The second-order valence-corrected chi connectivity index (χ2v) is 3.72. The Hall–Kier alpha value is -1.31. The summed E-state index contributed by atoms with van der Waals surface area (Å²) < 4.78 is 4.77. The van der Waals surface area contributed by atoms with Gasteiger partial charge in [0.1, 0.15) is 0 Å². The van der Waals surface area contributed by atoms with E-state index in [2.05, 4.69) is 12.1 Å². The Kier molecular flexibility index (Phi) is 2.53. The number of rotatable bonds is 2. The Balaban J connectivity index is 2.10. The van der Waals surface area contributed by atoms with E-state index in [1.807, 2.05) is 18.2 Å². The third-order valence-electron chi connectivity index (χ3n) is 3.01. The molecule has 1 fully saturated rings. The molecule has 2 heteroatoms. The number of ether oxygens (including phenoxy) is 1. The minimum Gasteiger partial charge on any atom is -0.469 e. The van der Waals surface area contributed by atoms with Crippen LogP contribution in [0.1, 0.15) is 24.3 Å². The zero-order valence-corrected chi connectivity index (χ0v) is 8.27. The van der Waals surface area contributed by atoms with E-state index in [9.17, 15) is 4.79 Å². The van der Waals surface area contributed by atoms with Crippen molar-refractivity contribution in [2.45, 2.75) is 18.8 Å². The van der Waals surface area contributed by atoms with Crippen LogP contribution in [0.4, 0.5) is 0 Å². The Bertz CT molecular complexity index is 318. The molecule has 2 nitrogen and oxygen atoms in total. The molecule has 0 amide bonds. The first-order valence-corrected chi connectivity index (χ1v) is 4.95. The number of carbonyl (C=O) groups is 1. The number of methoxy groups -OCH3 is 1. The summed E-state index contributed by atoms with van der Waals surface area (Å²) in [6.45, 7) is 0. The van der Waals surface area contributed by atoms with Crippen LogP contribution >= 0.6 is 0 Å². The minimum absolute atomic E-state index is 0.0647. The SMILES string of the molecule is COC(=O)[C@H]1CC[C@H]1c1ccccc1. The Labute approximate surface area is 83.9 Å². The molecule has 0 radical (unpaired) electrons. The summed E-state index contributed by atoms with van der Waals surface area (Å²) >= 11 is 0. The number of hydrogen-bond acceptors (Lipinski definition) is 2. The maximum Gasteiger partial charge on any atom is 0.309 e. The molecule has 2 atom stereocenters. The van der Waals surface area contributed by atoms with E-state index >= 15 is 0 Å². The zero-order chi connectivity index (χ0) is 9.97. The maximum atomic E-state index is 11.4. The second-order valence-electron chi connectivity index (χ2n) is 3.72. The van der Waals surface area contributed by atoms with Gasteiger partial charge in [-0.25, -0.2) is 0 Å². The molecular weight excluding hydrogens is 176 g/mol. The Morgan fingerprint density at radius 1 is 1.29 bits per heavy atom. The van der Waals surface area contributed by atoms with Gasteiger partial charge in [-0.15, -0.1) is 0 Å². The van der Waals surface area contributed by atoms with Gasteiger partial charge >= 0.3 is 5.97 Å². The van der Waals surface area contributed by atoms with Crippen LogP contribution in [-0.2, 0) is 9.53 Å². The van der Waals surface area contributed by atoms with Crippen molar-refractivity contribution in [2.75, 3.05) is 7.11 Å². The fraction of sp³-hybridized carbons (Fsp3) is 0.417. The number of hydrogen-bond donors (Lipinski definition) is 0. The molecule has 0 heterocycles. The first-order chi connectivity index (χ1) is 6.83. The number of benzene rings is 1. The van der Waals surface area contributed by atoms with E-state index < -0.39 is 0 Å². The highest BCUT2D eigenvalue weighted by Gasteiger charge is 2.37. The van der Waals surface area contributed by atoms with E-state index in [1.165, 1.54) is 12.7 Å². The lowest BCUT2D eigenvalue weighted by Gasteiger charge is -2.34. The molecule has 74 valence electrons. The van der Waals surface area contributed by atoms with Gasteiger partial charge in [-0.1, -0.05) is 30.3 Å². The van der Waals surface area contributed by atoms with Crippen LogP contribution in [0.5, 0.6) is 0 Å². The first-order valence-electron chi connectivity index (χ1n) is 4.95. The van der Waals surface area contributed by atoms with E-state index in [-0.39, 0.29) is 11.9 Å². The van der Waals surface area contributed by atoms with E-state index in [0.717, 1.165) is 12.8 Å². The van der Waals surface area contributed by atoms with E-state index in [1.54, 1.807) is 0 Å². The Morgan fingerprint density at radius 3 is 2.50 bits per heavy atom. The number of carbonyl (C=O) groups excluding carboxylic acids is 1. The van der Waals surface area contributed by atoms with Crippen molar-refractivity contribution in [2.24, 2.45) is 5.92 Å². The van der Waals surface area contributed by atoms with E-state index in [4.69, 9.17) is 4.74 Å². The highest BCUT2D eigenvalue weighted by atomic mass is 16.5. The Morgan fingerprint density at radius 2 is 2.00 bits per heavy atom. The molecule has 0 unspecified atom stereocenters. The third kappa shape index (κ3) is 1.52. The van der Waals surface area contributed by atoms with Crippen molar-refractivity contribution in [1.29, 1.82) is 0 Å². The lowest BCUT2D eigenvalue weighted by molar-refractivity contribution is -0.149. The monoisotopic (exact) mass is 190 g/mol. The van der Waals surface area contributed by atoms with Crippen molar-refractivity contribution in [3.8, 4) is 0 Å². The highest BCUT2D eigenvalue weighted by Crippen LogP contribution is 2.42. The van der Waals surface area contributed by atoms with Crippen molar-refractivity contribution in [3.63, 3.8) is 0 Å². The van der Waals surface area contributed by atoms with Crippen LogP contribution in [-0.4, -0.2) is 13.1 Å². The van der Waals surface area contributed by atoms with Crippen LogP contribution in [0, 0.1) is 5.92 Å². The second kappa shape index (κ2) is 3.82. The molecule has 14 heavy (non-hydrogen) atoms. The summed E-state index contributed by atoms with van der Waals surface area (Å²) in [4.78, 5) is 11.4. The average Bonchev–Trinajstić information content (AvgIpc) is 2.17. The molecule has 2 rings (SSSR count). The van der Waals surface area contributed by atoms with Crippen molar-refractivity contribution < 1.29 is 9.53 Å². The summed E-state index contributed by atoms with van der Waals surface area (Å²) in [5.74, 6) is 0.399. The normalized spacial score (nSPS) is 25.2. The van der Waals surface area contributed by atoms with Gasteiger partial charge in [-0.3, -0.25) is 4.79 Å². The summed E-state index contributed by atoms with van der Waals surface area (Å²) in [6, 6.07) is 10.2. The topological polar surface area (TPSA) is 26.3 Å². The molecule has 0 aromatic heterocycles. The van der Waals surface area contributed by atoms with Gasteiger partial charge in [0.2, 0.25) is 0 Å². The largest absolute Gasteiger partial charge is 0.469 e. The zero-order valence-electron chi connectivity index (χ0n) is 8.27. The maximum absolute atomic E-state index is 11.4. The van der Waals surface area contributed by atoms with Gasteiger partial charge < -0.3 is 4.74 Å². The predicted molar refractivity (Wildman–Crippen MR) is 53.9 cm³/mol. The standard InChI is InChI=1S/C12H14O2/c1-14-12(13)11-8-7-10(11)9-5-3-2-4-6-9/h2-6,10-11H,7-8H2,1H3/t10-,11-/m0/s1. The molecule has 1 aromatic carbocycles. The molecule has 1 aromatic rings. The van der Waals surface area contributed by atoms with Gasteiger partial charge in [-0.05, 0) is 24.3 Å². The smallest absolute Gasteiger partial charge is 0.309 e. The van der Waals surface area contributed by atoms with E-state index in [0.29, 0.717) is 5.92 Å². The molecule has 0 aliphatic heterocycles. The lowest BCUT2D eigenvalue weighted by atomic mass is 9.70. The van der Waals surface area contributed by atoms with Crippen LogP contribution in [0.2, 0.25) is 0 Å². The molecular formula is C12H14O2. The molecule has 1 aliphatic rings. The first kappa shape index (κ1) is 9.25. The summed E-state index contributed by atoms with van der Waals surface area (Å²) in [7, 11) is 1.46. The molecule has 0 bridgehead atoms. The van der Waals surface area contributed by atoms with Gasteiger partial charge in [0, 0.05) is 0 Å². The molecule has 0 N–H and O–H groups in total. The van der Waals surface area contributed by atoms with Crippen molar-refractivity contribution >= 4 is 5.97 Å². The van der Waals surface area contributed by atoms with Crippen LogP contribution in [0.15, 0.2) is 30.3 Å². The fourth-order valence-corrected chi connectivity index (χ4v) is 2.03.